The van der Waals surface area contributed by atoms with E-state index in [4.69, 9.17) is 14.0 Å². The highest BCUT2D eigenvalue weighted by molar-refractivity contribution is 7.98. The SMILES string of the molecule is COc1ccc(-c2noc(CSc3nnc(C4CCCCC4)n3C)n2)cc1OC. The smallest absolute Gasteiger partial charge is 0.237 e. The van der Waals surface area contributed by atoms with Crippen molar-refractivity contribution in [2.45, 2.75) is 48.9 Å². The molecule has 1 aliphatic rings. The number of thioether (sulfide) groups is 1. The summed E-state index contributed by atoms with van der Waals surface area (Å²) in [6, 6.07) is 5.54. The van der Waals surface area contributed by atoms with E-state index in [9.17, 15) is 0 Å². The number of hydrogen-bond acceptors (Lipinski definition) is 8. The molecule has 29 heavy (non-hydrogen) atoms. The summed E-state index contributed by atoms with van der Waals surface area (Å²) in [4.78, 5) is 4.50. The lowest BCUT2D eigenvalue weighted by atomic mass is 9.89. The zero-order chi connectivity index (χ0) is 20.2. The van der Waals surface area contributed by atoms with Gasteiger partial charge in [-0.05, 0) is 31.0 Å². The van der Waals surface area contributed by atoms with Crippen molar-refractivity contribution in [2.24, 2.45) is 7.05 Å². The average molecular weight is 416 g/mol. The van der Waals surface area contributed by atoms with E-state index in [0.29, 0.717) is 34.9 Å². The number of nitrogens with zero attached hydrogens (tertiary/aromatic N) is 5. The first-order chi connectivity index (χ1) is 14.2. The predicted molar refractivity (Wildman–Crippen MR) is 109 cm³/mol. The van der Waals surface area contributed by atoms with Crippen LogP contribution in [-0.2, 0) is 12.8 Å². The molecule has 1 fully saturated rings. The highest BCUT2D eigenvalue weighted by atomic mass is 32.2. The number of methoxy groups -OCH3 is 2. The van der Waals surface area contributed by atoms with E-state index in [0.717, 1.165) is 16.5 Å². The molecule has 2 aromatic heterocycles. The maximum absolute atomic E-state index is 5.42. The van der Waals surface area contributed by atoms with E-state index in [-0.39, 0.29) is 0 Å². The molecule has 0 bridgehead atoms. The third-order valence-corrected chi connectivity index (χ3v) is 6.28. The molecule has 1 aliphatic carbocycles. The lowest BCUT2D eigenvalue weighted by Gasteiger charge is -2.20. The van der Waals surface area contributed by atoms with E-state index in [1.54, 1.807) is 26.0 Å². The van der Waals surface area contributed by atoms with Crippen LogP contribution in [0.15, 0.2) is 27.9 Å². The average Bonchev–Trinajstić information content (AvgIpc) is 3.39. The van der Waals surface area contributed by atoms with E-state index in [2.05, 4.69) is 24.9 Å². The molecule has 0 unspecified atom stereocenters. The van der Waals surface area contributed by atoms with Crippen LogP contribution >= 0.6 is 11.8 Å². The molecule has 0 amide bonds. The van der Waals surface area contributed by atoms with Crippen molar-refractivity contribution in [2.75, 3.05) is 14.2 Å². The minimum absolute atomic E-state index is 0.516. The standard InChI is InChI=1S/C20H25N5O3S/c1-25-19(13-7-5-4-6-8-13)22-23-20(25)29-12-17-21-18(24-28-17)14-9-10-15(26-2)16(11-14)27-3/h9-11,13H,4-8,12H2,1-3H3. The van der Waals surface area contributed by atoms with E-state index >= 15 is 0 Å². The predicted octanol–water partition coefficient (Wildman–Crippen LogP) is 4.22. The van der Waals surface area contributed by atoms with Gasteiger partial charge in [-0.1, -0.05) is 36.2 Å². The van der Waals surface area contributed by atoms with Crippen molar-refractivity contribution in [1.82, 2.24) is 24.9 Å². The maximum atomic E-state index is 5.42. The van der Waals surface area contributed by atoms with Gasteiger partial charge in [0.05, 0.1) is 20.0 Å². The Morgan fingerprint density at radius 2 is 1.90 bits per heavy atom. The van der Waals surface area contributed by atoms with Gasteiger partial charge in [0.2, 0.25) is 11.7 Å². The summed E-state index contributed by atoms with van der Waals surface area (Å²) in [5.41, 5.74) is 0.806. The number of ether oxygens (including phenoxy) is 2. The zero-order valence-corrected chi connectivity index (χ0v) is 17.7. The third kappa shape index (κ3) is 4.24. The van der Waals surface area contributed by atoms with Gasteiger partial charge in [-0.3, -0.25) is 0 Å². The molecule has 0 atom stereocenters. The molecule has 3 aromatic rings. The molecule has 0 aliphatic heterocycles. The fraction of sp³-hybridized carbons (Fsp3) is 0.500. The lowest BCUT2D eigenvalue weighted by molar-refractivity contribution is 0.355. The minimum Gasteiger partial charge on any atom is -0.493 e. The Bertz CT molecular complexity index is 965. The summed E-state index contributed by atoms with van der Waals surface area (Å²) in [5.74, 6) is 4.49. The highest BCUT2D eigenvalue weighted by Crippen LogP contribution is 2.34. The Balaban J connectivity index is 1.43. The first kappa shape index (κ1) is 19.8. The van der Waals surface area contributed by atoms with Crippen LogP contribution in [0.5, 0.6) is 11.5 Å². The van der Waals surface area contributed by atoms with Crippen LogP contribution in [0.1, 0.15) is 49.7 Å². The molecule has 1 saturated carbocycles. The van der Waals surface area contributed by atoms with Crippen molar-refractivity contribution in [1.29, 1.82) is 0 Å². The van der Waals surface area contributed by atoms with E-state index in [1.165, 1.54) is 32.1 Å². The molecule has 2 heterocycles. The molecule has 0 saturated heterocycles. The summed E-state index contributed by atoms with van der Waals surface area (Å²) in [6.45, 7) is 0. The third-order valence-electron chi connectivity index (χ3n) is 5.27. The molecule has 0 spiro atoms. The van der Waals surface area contributed by atoms with Crippen LogP contribution in [0.3, 0.4) is 0 Å². The first-order valence-corrected chi connectivity index (χ1v) is 10.7. The molecule has 9 heteroatoms. The van der Waals surface area contributed by atoms with Crippen LogP contribution in [0.25, 0.3) is 11.4 Å². The van der Waals surface area contributed by atoms with Gasteiger partial charge in [-0.2, -0.15) is 4.98 Å². The van der Waals surface area contributed by atoms with Crippen LogP contribution in [-0.4, -0.2) is 39.1 Å². The van der Waals surface area contributed by atoms with Gasteiger partial charge in [0, 0.05) is 18.5 Å². The Morgan fingerprint density at radius 1 is 1.10 bits per heavy atom. The summed E-state index contributed by atoms with van der Waals surface area (Å²) in [5, 5.41) is 13.8. The van der Waals surface area contributed by atoms with Crippen molar-refractivity contribution in [3.05, 3.63) is 29.9 Å². The highest BCUT2D eigenvalue weighted by Gasteiger charge is 2.22. The van der Waals surface area contributed by atoms with Crippen molar-refractivity contribution < 1.29 is 14.0 Å². The number of aromatic nitrogens is 5. The van der Waals surface area contributed by atoms with Crippen LogP contribution in [0.2, 0.25) is 0 Å². The summed E-state index contributed by atoms with van der Waals surface area (Å²) < 4.78 is 18.1. The normalized spacial score (nSPS) is 14.9. The second-order valence-electron chi connectivity index (χ2n) is 7.10. The summed E-state index contributed by atoms with van der Waals surface area (Å²) >= 11 is 1.56. The summed E-state index contributed by atoms with van der Waals surface area (Å²) in [6.07, 6.45) is 6.29. The van der Waals surface area contributed by atoms with E-state index in [1.807, 2.05) is 25.2 Å². The molecule has 0 radical (unpaired) electrons. The fourth-order valence-corrected chi connectivity index (χ4v) is 4.46. The van der Waals surface area contributed by atoms with Gasteiger partial charge in [-0.25, -0.2) is 0 Å². The Morgan fingerprint density at radius 3 is 2.66 bits per heavy atom. The zero-order valence-electron chi connectivity index (χ0n) is 16.9. The van der Waals surface area contributed by atoms with Gasteiger partial charge in [0.25, 0.3) is 0 Å². The maximum Gasteiger partial charge on any atom is 0.237 e. The Kier molecular flexibility index (Phi) is 6.03. The molecule has 4 rings (SSSR count). The largest absolute Gasteiger partial charge is 0.493 e. The monoisotopic (exact) mass is 415 g/mol. The molecule has 8 nitrogen and oxygen atoms in total. The second-order valence-corrected chi connectivity index (χ2v) is 8.05. The molecule has 154 valence electrons. The van der Waals surface area contributed by atoms with Crippen molar-refractivity contribution in [3.8, 4) is 22.9 Å². The van der Waals surface area contributed by atoms with Gasteiger partial charge in [0.1, 0.15) is 5.82 Å². The van der Waals surface area contributed by atoms with Gasteiger partial charge in [0.15, 0.2) is 16.7 Å². The quantitative estimate of drug-likeness (QED) is 0.530. The van der Waals surface area contributed by atoms with Crippen LogP contribution < -0.4 is 9.47 Å². The molecular weight excluding hydrogens is 390 g/mol. The van der Waals surface area contributed by atoms with Gasteiger partial charge >= 0.3 is 0 Å². The Labute approximate surface area is 174 Å². The lowest BCUT2D eigenvalue weighted by Crippen LogP contribution is -2.10. The topological polar surface area (TPSA) is 88.1 Å². The van der Waals surface area contributed by atoms with E-state index < -0.39 is 0 Å². The number of benzene rings is 1. The second kappa shape index (κ2) is 8.86. The molecule has 1 aromatic carbocycles. The van der Waals surface area contributed by atoms with Crippen molar-refractivity contribution >= 4 is 11.8 Å². The van der Waals surface area contributed by atoms with Gasteiger partial charge in [-0.15, -0.1) is 10.2 Å². The number of rotatable bonds is 7. The van der Waals surface area contributed by atoms with Crippen molar-refractivity contribution in [3.63, 3.8) is 0 Å². The molecule has 0 N–H and O–H groups in total. The minimum atomic E-state index is 0.516. The first-order valence-electron chi connectivity index (χ1n) is 9.76. The van der Waals surface area contributed by atoms with Crippen LogP contribution in [0, 0.1) is 0 Å². The fourth-order valence-electron chi connectivity index (χ4n) is 3.70. The molecular formula is C20H25N5O3S. The van der Waals surface area contributed by atoms with Crippen LogP contribution in [0.4, 0.5) is 0 Å². The Hall–Kier alpha value is -2.55. The summed E-state index contributed by atoms with van der Waals surface area (Å²) in [7, 11) is 5.24. The van der Waals surface area contributed by atoms with Gasteiger partial charge < -0.3 is 18.6 Å². The number of hydrogen-bond donors (Lipinski definition) is 0.